The average Bonchev–Trinajstić information content (AvgIpc) is 2.53. The van der Waals surface area contributed by atoms with Crippen LogP contribution in [-0.2, 0) is 16.1 Å². The number of hydrogen-bond donors (Lipinski definition) is 2. The third-order valence-electron chi connectivity index (χ3n) is 3.45. The topological polar surface area (TPSA) is 62.1 Å². The molecule has 0 aliphatic rings. The Morgan fingerprint density at radius 3 is 2.04 bits per heavy atom. The van der Waals surface area contributed by atoms with Crippen LogP contribution in [0.1, 0.15) is 58.3 Å². The second kappa shape index (κ2) is 14.0. The molecule has 0 aliphatic heterocycles. The van der Waals surface area contributed by atoms with Gasteiger partial charge in [-0.3, -0.25) is 20.4 Å². The molecule has 1 heterocycles. The summed E-state index contributed by atoms with van der Waals surface area (Å²) < 4.78 is 1.75. The number of halogens is 1. The first-order valence-corrected chi connectivity index (χ1v) is 8.24. The van der Waals surface area contributed by atoms with Gasteiger partial charge in [0.25, 0.3) is 0 Å². The Morgan fingerprint density at radius 2 is 1.39 bits per heavy atom. The minimum Gasteiger partial charge on any atom is -1.00 e. The molecule has 0 aliphatic carbocycles. The van der Waals surface area contributed by atoms with Gasteiger partial charge in [0.1, 0.15) is 0 Å². The minimum absolute atomic E-state index is 0. The number of hydrogen-bond acceptors (Lipinski definition) is 2. The number of rotatable bonds is 10. The van der Waals surface area contributed by atoms with Crippen molar-refractivity contribution in [1.29, 1.82) is 0 Å². The van der Waals surface area contributed by atoms with Gasteiger partial charge in [0, 0.05) is 18.6 Å². The molecular weight excluding hydrogens is 314 g/mol. The van der Waals surface area contributed by atoms with Crippen LogP contribution in [0.5, 0.6) is 0 Å². The zero-order valence-corrected chi connectivity index (χ0v) is 14.6. The number of nitrogens with zero attached hydrogens (tertiary/aromatic N) is 1. The normalized spacial score (nSPS) is 9.78. The van der Waals surface area contributed by atoms with Gasteiger partial charge in [-0.1, -0.05) is 51.5 Å². The summed E-state index contributed by atoms with van der Waals surface area (Å²) in [6, 6.07) is 5.59. The average molecular weight is 342 g/mol. The Hall–Kier alpha value is -1.62. The smallest absolute Gasteiger partial charge is 0.304 e. The van der Waals surface area contributed by atoms with E-state index in [-0.39, 0.29) is 30.8 Å². The van der Waals surface area contributed by atoms with Crippen LogP contribution in [0.3, 0.4) is 0 Å². The van der Waals surface area contributed by atoms with Crippen molar-refractivity contribution in [3.63, 3.8) is 0 Å². The summed E-state index contributed by atoms with van der Waals surface area (Å²) in [6.45, 7) is 2.40. The van der Waals surface area contributed by atoms with Crippen LogP contribution in [0.2, 0.25) is 0 Å². The fraction of sp³-hybridized carbons (Fsp3) is 0.588. The summed E-state index contributed by atoms with van der Waals surface area (Å²) in [4.78, 5) is 23.2. The molecule has 0 saturated heterocycles. The van der Waals surface area contributed by atoms with Gasteiger partial charge in [0.2, 0.25) is 12.5 Å². The molecule has 5 nitrogen and oxygen atoms in total. The molecule has 2 amide bonds. The lowest BCUT2D eigenvalue weighted by Gasteiger charge is -2.06. The van der Waals surface area contributed by atoms with Crippen molar-refractivity contribution in [2.45, 2.75) is 64.8 Å². The second-order valence-corrected chi connectivity index (χ2v) is 5.52. The van der Waals surface area contributed by atoms with E-state index in [0.717, 1.165) is 12.8 Å². The van der Waals surface area contributed by atoms with Gasteiger partial charge < -0.3 is 12.4 Å². The first kappa shape index (κ1) is 21.4. The Bertz CT molecular complexity index is 441. The number of carbonyl (C=O) groups is 2. The highest BCUT2D eigenvalue weighted by Gasteiger charge is 2.09. The lowest BCUT2D eigenvalue weighted by molar-refractivity contribution is -0.684. The molecule has 0 spiro atoms. The molecule has 0 bridgehead atoms. The molecular formula is C17H28ClN3O2. The first-order valence-electron chi connectivity index (χ1n) is 8.24. The second-order valence-electron chi connectivity index (χ2n) is 5.52. The molecule has 1 aromatic heterocycles. The summed E-state index contributed by atoms with van der Waals surface area (Å²) >= 11 is 0. The van der Waals surface area contributed by atoms with Crippen molar-refractivity contribution in [2.75, 3.05) is 0 Å². The summed E-state index contributed by atoms with van der Waals surface area (Å²) in [6.07, 6.45) is 12.3. The molecule has 0 atom stereocenters. The van der Waals surface area contributed by atoms with Gasteiger partial charge in [0.05, 0.1) is 0 Å². The molecule has 23 heavy (non-hydrogen) atoms. The number of carbonyl (C=O) groups excluding carboxylic acids is 2. The van der Waals surface area contributed by atoms with E-state index in [4.69, 9.17) is 0 Å². The van der Waals surface area contributed by atoms with Crippen LogP contribution < -0.4 is 27.8 Å². The van der Waals surface area contributed by atoms with E-state index < -0.39 is 0 Å². The quantitative estimate of drug-likeness (QED) is 0.335. The Morgan fingerprint density at radius 1 is 0.826 bits per heavy atom. The van der Waals surface area contributed by atoms with Gasteiger partial charge in [-0.05, 0) is 6.42 Å². The Labute approximate surface area is 145 Å². The molecule has 130 valence electrons. The maximum absolute atomic E-state index is 11.6. The lowest BCUT2D eigenvalue weighted by atomic mass is 10.1. The van der Waals surface area contributed by atoms with Crippen LogP contribution in [0.25, 0.3) is 0 Å². The third-order valence-corrected chi connectivity index (χ3v) is 3.45. The van der Waals surface area contributed by atoms with Crippen molar-refractivity contribution in [1.82, 2.24) is 10.9 Å². The van der Waals surface area contributed by atoms with Crippen LogP contribution in [0.15, 0.2) is 30.6 Å². The first-order chi connectivity index (χ1) is 10.7. The van der Waals surface area contributed by atoms with Crippen LogP contribution in [0.4, 0.5) is 0 Å². The fourth-order valence-electron chi connectivity index (χ4n) is 2.19. The molecule has 0 fully saturated rings. The fourth-order valence-corrected chi connectivity index (χ4v) is 2.19. The zero-order valence-electron chi connectivity index (χ0n) is 13.9. The predicted molar refractivity (Wildman–Crippen MR) is 85.5 cm³/mol. The highest BCUT2D eigenvalue weighted by atomic mass is 35.5. The van der Waals surface area contributed by atoms with Crippen LogP contribution in [-0.4, -0.2) is 11.8 Å². The van der Waals surface area contributed by atoms with E-state index in [0.29, 0.717) is 6.42 Å². The van der Waals surface area contributed by atoms with Crippen molar-refractivity contribution in [3.8, 4) is 0 Å². The van der Waals surface area contributed by atoms with Crippen molar-refractivity contribution < 1.29 is 26.6 Å². The van der Waals surface area contributed by atoms with Gasteiger partial charge >= 0.3 is 5.91 Å². The molecule has 0 unspecified atom stereocenters. The summed E-state index contributed by atoms with van der Waals surface area (Å²) in [5.74, 6) is -0.357. The molecule has 6 heteroatoms. The van der Waals surface area contributed by atoms with Crippen LogP contribution in [0, 0.1) is 0 Å². The molecule has 2 N–H and O–H groups in total. The maximum atomic E-state index is 11.6. The Kier molecular flexibility index (Phi) is 13.0. The highest BCUT2D eigenvalue weighted by molar-refractivity contribution is 5.81. The number of aromatic nitrogens is 1. The maximum Gasteiger partial charge on any atom is 0.304 e. The van der Waals surface area contributed by atoms with Gasteiger partial charge in [0.15, 0.2) is 12.4 Å². The molecule has 0 radical (unpaired) electrons. The minimum atomic E-state index is -0.232. The number of pyridine rings is 1. The van der Waals surface area contributed by atoms with E-state index in [1.807, 2.05) is 18.2 Å². The third kappa shape index (κ3) is 11.6. The monoisotopic (exact) mass is 341 g/mol. The van der Waals surface area contributed by atoms with E-state index >= 15 is 0 Å². The van der Waals surface area contributed by atoms with E-state index in [1.165, 1.54) is 32.1 Å². The number of unbranched alkanes of at least 4 members (excludes halogenated alkanes) is 6. The summed E-state index contributed by atoms with van der Waals surface area (Å²) in [5.41, 5.74) is 4.90. The van der Waals surface area contributed by atoms with Crippen LogP contribution >= 0.6 is 0 Å². The van der Waals surface area contributed by atoms with Gasteiger partial charge in [-0.25, -0.2) is 0 Å². The standard InChI is InChI=1S/C17H27N3O2.ClH/c1-2-3-4-5-6-7-9-12-16(21)18-19-17(22)15-20-13-10-8-11-14-20;/h8,10-11,13-14H,2-7,9,12,15H2,1H3,(H-,18,19,21,22);1H. The Balaban J connectivity index is 0.00000484. The van der Waals surface area contributed by atoms with E-state index in [1.54, 1.807) is 17.0 Å². The van der Waals surface area contributed by atoms with Gasteiger partial charge in [-0.2, -0.15) is 4.57 Å². The van der Waals surface area contributed by atoms with Crippen molar-refractivity contribution >= 4 is 11.8 Å². The molecule has 0 saturated carbocycles. The molecule has 1 rings (SSSR count). The van der Waals surface area contributed by atoms with Crippen molar-refractivity contribution in [2.24, 2.45) is 0 Å². The highest BCUT2D eigenvalue weighted by Crippen LogP contribution is 2.07. The molecule has 0 aromatic carbocycles. The number of amides is 2. The van der Waals surface area contributed by atoms with E-state index in [2.05, 4.69) is 17.8 Å². The zero-order chi connectivity index (χ0) is 16.0. The lowest BCUT2D eigenvalue weighted by Crippen LogP contribution is -3.00. The van der Waals surface area contributed by atoms with Gasteiger partial charge in [-0.15, -0.1) is 0 Å². The largest absolute Gasteiger partial charge is 1.00 e. The predicted octanol–water partition coefficient (Wildman–Crippen LogP) is -0.734. The molecule has 1 aromatic rings. The summed E-state index contributed by atoms with van der Waals surface area (Å²) in [5, 5.41) is 0. The van der Waals surface area contributed by atoms with Crippen molar-refractivity contribution in [3.05, 3.63) is 30.6 Å². The number of nitrogens with one attached hydrogen (secondary N) is 2. The van der Waals surface area contributed by atoms with E-state index in [9.17, 15) is 9.59 Å². The SMILES string of the molecule is CCCCCCCCCC(=O)NNC(=O)C[n+]1ccccc1.[Cl-]. The number of hydrazine groups is 1. The summed E-state index contributed by atoms with van der Waals surface area (Å²) in [7, 11) is 0.